The van der Waals surface area contributed by atoms with Crippen LogP contribution in [0.4, 0.5) is 0 Å². The summed E-state index contributed by atoms with van der Waals surface area (Å²) in [5.41, 5.74) is 8.25. The predicted octanol–water partition coefficient (Wildman–Crippen LogP) is 5.35. The summed E-state index contributed by atoms with van der Waals surface area (Å²) in [6, 6.07) is 25.3. The van der Waals surface area contributed by atoms with Crippen molar-refractivity contribution in [3.8, 4) is 0 Å². The Bertz CT molecular complexity index is 1610. The molecule has 5 heteroatoms. The van der Waals surface area contributed by atoms with E-state index in [1.807, 2.05) is 10.6 Å². The first-order valence-electron chi connectivity index (χ1n) is 11.5. The highest BCUT2D eigenvalue weighted by Gasteiger charge is 2.32. The van der Waals surface area contributed by atoms with Crippen molar-refractivity contribution in [3.05, 3.63) is 126 Å². The first kappa shape index (κ1) is 21.4. The lowest BCUT2D eigenvalue weighted by molar-refractivity contribution is 0.585. The van der Waals surface area contributed by atoms with Crippen LogP contribution < -0.4 is 14.9 Å². The maximum atomic E-state index is 13.8. The zero-order valence-electron chi connectivity index (χ0n) is 19.1. The number of thioether (sulfide) groups is 1. The molecule has 3 aromatic carbocycles. The third-order valence-corrected chi connectivity index (χ3v) is 8.41. The molecule has 0 radical (unpaired) electrons. The molecule has 0 spiro atoms. The Labute approximate surface area is 206 Å². The van der Waals surface area contributed by atoms with Crippen molar-refractivity contribution in [1.29, 1.82) is 0 Å². The smallest absolute Gasteiger partial charge is 0.271 e. The largest absolute Gasteiger partial charge is 0.272 e. The second-order valence-electron chi connectivity index (χ2n) is 8.80. The van der Waals surface area contributed by atoms with Crippen LogP contribution in [0.3, 0.4) is 0 Å². The number of fused-ring (bicyclic) bond motifs is 3. The molecule has 1 aromatic heterocycles. The van der Waals surface area contributed by atoms with Crippen LogP contribution in [0.5, 0.6) is 0 Å². The number of aromatic nitrogens is 1. The van der Waals surface area contributed by atoms with Gasteiger partial charge in [0.05, 0.1) is 16.3 Å². The summed E-state index contributed by atoms with van der Waals surface area (Å²) in [5.74, 6) is 0. The van der Waals surface area contributed by atoms with E-state index in [0.29, 0.717) is 0 Å². The predicted molar refractivity (Wildman–Crippen MR) is 142 cm³/mol. The third-order valence-electron chi connectivity index (χ3n) is 6.68. The third kappa shape index (κ3) is 3.60. The van der Waals surface area contributed by atoms with Crippen LogP contribution in [0.15, 0.2) is 93.1 Å². The second-order valence-corrected chi connectivity index (χ2v) is 10.7. The van der Waals surface area contributed by atoms with E-state index in [1.165, 1.54) is 38.5 Å². The van der Waals surface area contributed by atoms with Gasteiger partial charge >= 0.3 is 0 Å². The summed E-state index contributed by atoms with van der Waals surface area (Å²) < 4.78 is 2.64. The minimum Gasteiger partial charge on any atom is -0.272 e. The molecule has 3 nitrogen and oxygen atoms in total. The first-order chi connectivity index (χ1) is 16.6. The van der Waals surface area contributed by atoms with Gasteiger partial charge in [0.15, 0.2) is 4.80 Å². The van der Waals surface area contributed by atoms with Crippen molar-refractivity contribution < 1.29 is 0 Å². The number of hydrogen-bond acceptors (Lipinski definition) is 4. The number of hydrogen-bond donors (Lipinski definition) is 0. The number of nitrogens with zero attached hydrogens (tertiary/aromatic N) is 2. The Hall–Kier alpha value is -3.15. The van der Waals surface area contributed by atoms with E-state index in [0.717, 1.165) is 39.0 Å². The molecule has 2 heterocycles. The minimum atomic E-state index is -0.124. The molecule has 0 unspecified atom stereocenters. The lowest BCUT2D eigenvalue weighted by Crippen LogP contribution is -2.38. The van der Waals surface area contributed by atoms with Gasteiger partial charge in [0.1, 0.15) is 0 Å². The van der Waals surface area contributed by atoms with E-state index in [4.69, 9.17) is 4.99 Å². The van der Waals surface area contributed by atoms with Gasteiger partial charge in [-0.15, -0.1) is 11.8 Å². The van der Waals surface area contributed by atoms with Crippen molar-refractivity contribution in [3.63, 3.8) is 0 Å². The van der Waals surface area contributed by atoms with Crippen LogP contribution in [0, 0.1) is 6.92 Å². The van der Waals surface area contributed by atoms with Crippen molar-refractivity contribution in [1.82, 2.24) is 4.57 Å². The summed E-state index contributed by atoms with van der Waals surface area (Å²) >= 11 is 3.20. The van der Waals surface area contributed by atoms with Gasteiger partial charge in [-0.1, -0.05) is 77.6 Å². The van der Waals surface area contributed by atoms with Crippen LogP contribution in [0.2, 0.25) is 0 Å². The first-order valence-corrected chi connectivity index (χ1v) is 13.5. The Morgan fingerprint density at radius 1 is 1.00 bits per heavy atom. The number of allylic oxidation sites excluding steroid dienone is 1. The fourth-order valence-electron chi connectivity index (χ4n) is 4.92. The SMILES string of the molecule is CSc1ccc(/C=c2\sc3n(c2=O)[C@H](c2ccc(C)cc2)C2=C(N=3)c3ccccc3CC2)cc1. The van der Waals surface area contributed by atoms with Crippen molar-refractivity contribution in [2.45, 2.75) is 30.7 Å². The van der Waals surface area contributed by atoms with Crippen LogP contribution in [0.1, 0.15) is 40.3 Å². The molecule has 0 amide bonds. The van der Waals surface area contributed by atoms with Gasteiger partial charge in [0.2, 0.25) is 0 Å². The number of aryl methyl sites for hydroxylation is 2. The molecule has 0 saturated heterocycles. The monoisotopic (exact) mass is 480 g/mol. The van der Waals surface area contributed by atoms with Crippen molar-refractivity contribution in [2.75, 3.05) is 6.26 Å². The van der Waals surface area contributed by atoms with E-state index in [-0.39, 0.29) is 11.6 Å². The molecular weight excluding hydrogens is 456 g/mol. The Morgan fingerprint density at radius 2 is 1.76 bits per heavy atom. The highest BCUT2D eigenvalue weighted by Crippen LogP contribution is 2.41. The summed E-state index contributed by atoms with van der Waals surface area (Å²) in [5, 5.41) is 0. The fraction of sp³-hybridized carbons (Fsp3) is 0.172. The highest BCUT2D eigenvalue weighted by molar-refractivity contribution is 7.98. The second kappa shape index (κ2) is 8.57. The molecule has 2 aliphatic rings. The molecule has 1 aliphatic carbocycles. The molecule has 168 valence electrons. The molecule has 1 aliphatic heterocycles. The standard InChI is InChI=1S/C29H24N2OS2/c1-18-7-11-21(12-8-18)27-24-16-13-20-5-3-4-6-23(20)26(24)30-29-31(27)28(32)25(34-29)17-19-9-14-22(33-2)15-10-19/h3-12,14-15,17,27H,13,16H2,1-2H3/b25-17-/t27-/m1/s1. The van der Waals surface area contributed by atoms with Crippen LogP contribution in [-0.2, 0) is 6.42 Å². The van der Waals surface area contributed by atoms with E-state index < -0.39 is 0 Å². The van der Waals surface area contributed by atoms with Gasteiger partial charge in [-0.2, -0.15) is 0 Å². The fourth-order valence-corrected chi connectivity index (χ4v) is 6.33. The summed E-state index contributed by atoms with van der Waals surface area (Å²) in [7, 11) is 0. The lowest BCUT2D eigenvalue weighted by atomic mass is 9.83. The van der Waals surface area contributed by atoms with Crippen molar-refractivity contribution in [2.24, 2.45) is 4.99 Å². The van der Waals surface area contributed by atoms with Gasteiger partial charge < -0.3 is 0 Å². The lowest BCUT2D eigenvalue weighted by Gasteiger charge is -2.30. The van der Waals surface area contributed by atoms with E-state index in [1.54, 1.807) is 11.8 Å². The van der Waals surface area contributed by atoms with Gasteiger partial charge in [-0.3, -0.25) is 9.36 Å². The Balaban J connectivity index is 1.59. The molecule has 34 heavy (non-hydrogen) atoms. The zero-order valence-corrected chi connectivity index (χ0v) is 20.7. The highest BCUT2D eigenvalue weighted by atomic mass is 32.2. The summed E-state index contributed by atoms with van der Waals surface area (Å²) in [6.45, 7) is 2.10. The minimum absolute atomic E-state index is 0.0358. The van der Waals surface area contributed by atoms with E-state index in [2.05, 4.69) is 86.0 Å². The summed E-state index contributed by atoms with van der Waals surface area (Å²) in [4.78, 5) is 20.8. The average molecular weight is 481 g/mol. The number of rotatable bonds is 3. The topological polar surface area (TPSA) is 34.4 Å². The normalized spacial score (nSPS) is 17.1. The zero-order chi connectivity index (χ0) is 23.2. The van der Waals surface area contributed by atoms with Crippen LogP contribution in [0.25, 0.3) is 11.8 Å². The molecule has 0 N–H and O–H groups in total. The molecule has 0 bridgehead atoms. The molecule has 6 rings (SSSR count). The maximum Gasteiger partial charge on any atom is 0.271 e. The molecule has 0 fully saturated rings. The van der Waals surface area contributed by atoms with Gasteiger partial charge in [-0.05, 0) is 66.5 Å². The average Bonchev–Trinajstić information content (AvgIpc) is 3.18. The van der Waals surface area contributed by atoms with E-state index in [9.17, 15) is 4.79 Å². The van der Waals surface area contributed by atoms with Crippen LogP contribution >= 0.6 is 23.1 Å². The van der Waals surface area contributed by atoms with Crippen LogP contribution in [-0.4, -0.2) is 10.8 Å². The molecule has 0 saturated carbocycles. The van der Waals surface area contributed by atoms with Gasteiger partial charge in [0.25, 0.3) is 5.56 Å². The van der Waals surface area contributed by atoms with Crippen molar-refractivity contribution >= 4 is 34.9 Å². The summed E-state index contributed by atoms with van der Waals surface area (Å²) in [6.07, 6.45) is 5.95. The number of thiazole rings is 1. The van der Waals surface area contributed by atoms with Gasteiger partial charge in [0, 0.05) is 10.5 Å². The Kier molecular flexibility index (Phi) is 5.39. The van der Waals surface area contributed by atoms with E-state index >= 15 is 0 Å². The molecular formula is C29H24N2OS2. The Morgan fingerprint density at radius 3 is 2.53 bits per heavy atom. The molecule has 4 aromatic rings. The van der Waals surface area contributed by atoms with Gasteiger partial charge in [-0.25, -0.2) is 4.99 Å². The molecule has 1 atom stereocenters. The maximum absolute atomic E-state index is 13.8. The number of benzene rings is 3. The quantitative estimate of drug-likeness (QED) is 0.371.